The summed E-state index contributed by atoms with van der Waals surface area (Å²) >= 11 is 0. The third-order valence-electron chi connectivity index (χ3n) is 1.61. The molecule has 2 heteroatoms. The Labute approximate surface area is 54.6 Å². The smallest absolute Gasteiger partial charge is 0.175 e. The molecule has 0 aromatic carbocycles. The Balaban J connectivity index is 2.34. The molecule has 9 heavy (non-hydrogen) atoms. The normalized spacial score (nSPS) is 29.6. The van der Waals surface area contributed by atoms with Gasteiger partial charge in [0, 0.05) is 6.04 Å². The van der Waals surface area contributed by atoms with Crippen molar-refractivity contribution in [1.29, 1.82) is 0 Å². The molecule has 1 rings (SSSR count). The summed E-state index contributed by atoms with van der Waals surface area (Å²) in [4.78, 5) is 0. The van der Waals surface area contributed by atoms with Gasteiger partial charge in [-0.2, -0.15) is 0 Å². The van der Waals surface area contributed by atoms with E-state index in [1.165, 1.54) is 0 Å². The van der Waals surface area contributed by atoms with Gasteiger partial charge >= 0.3 is 0 Å². The fourth-order valence-corrected chi connectivity index (χ4v) is 1.08. The van der Waals surface area contributed by atoms with E-state index < -0.39 is 6.17 Å². The molecule has 0 saturated carbocycles. The van der Waals surface area contributed by atoms with Gasteiger partial charge in [0.2, 0.25) is 0 Å². The standard InChI is InChI=1S/C7H10FN/c1-2-6(8)7-4-3-5-9-7/h1,6-7,9H,3-5H2. The predicted octanol–water partition coefficient (Wildman–Crippen LogP) is 0.710. The minimum absolute atomic E-state index is 0.0741. The van der Waals surface area contributed by atoms with Crippen LogP contribution in [0.4, 0.5) is 4.39 Å². The second-order valence-corrected chi connectivity index (χ2v) is 2.27. The van der Waals surface area contributed by atoms with Gasteiger partial charge in [0.25, 0.3) is 0 Å². The Morgan fingerprint density at radius 3 is 3.00 bits per heavy atom. The summed E-state index contributed by atoms with van der Waals surface area (Å²) in [5, 5.41) is 2.99. The fourth-order valence-electron chi connectivity index (χ4n) is 1.08. The van der Waals surface area contributed by atoms with Crippen LogP contribution in [-0.4, -0.2) is 18.8 Å². The van der Waals surface area contributed by atoms with Crippen molar-refractivity contribution in [3.8, 4) is 12.3 Å². The first kappa shape index (κ1) is 6.57. The maximum Gasteiger partial charge on any atom is 0.175 e. The lowest BCUT2D eigenvalue weighted by Gasteiger charge is -2.08. The molecule has 1 saturated heterocycles. The van der Waals surface area contributed by atoms with Crippen molar-refractivity contribution >= 4 is 0 Å². The molecule has 0 radical (unpaired) electrons. The molecular weight excluding hydrogens is 117 g/mol. The van der Waals surface area contributed by atoms with Crippen molar-refractivity contribution in [2.75, 3.05) is 6.54 Å². The molecule has 1 N–H and O–H groups in total. The van der Waals surface area contributed by atoms with Crippen molar-refractivity contribution in [2.45, 2.75) is 25.1 Å². The zero-order valence-corrected chi connectivity index (χ0v) is 5.23. The zero-order valence-electron chi connectivity index (χ0n) is 5.23. The highest BCUT2D eigenvalue weighted by atomic mass is 19.1. The Kier molecular flexibility index (Phi) is 2.07. The molecule has 0 spiro atoms. The second-order valence-electron chi connectivity index (χ2n) is 2.27. The van der Waals surface area contributed by atoms with E-state index in [0.717, 1.165) is 19.4 Å². The van der Waals surface area contributed by atoms with Crippen LogP contribution in [0.5, 0.6) is 0 Å². The van der Waals surface area contributed by atoms with E-state index in [1.807, 2.05) is 0 Å². The first-order valence-corrected chi connectivity index (χ1v) is 3.18. The summed E-state index contributed by atoms with van der Waals surface area (Å²) < 4.78 is 12.5. The van der Waals surface area contributed by atoms with E-state index >= 15 is 0 Å². The average Bonchev–Trinajstić information content (AvgIpc) is 2.37. The quantitative estimate of drug-likeness (QED) is 0.511. The van der Waals surface area contributed by atoms with Crippen LogP contribution in [0.3, 0.4) is 0 Å². The number of terminal acetylenes is 1. The minimum Gasteiger partial charge on any atom is -0.310 e. The highest BCUT2D eigenvalue weighted by molar-refractivity contribution is 5.01. The Bertz CT molecular complexity index is 121. The van der Waals surface area contributed by atoms with Crippen molar-refractivity contribution in [1.82, 2.24) is 5.32 Å². The van der Waals surface area contributed by atoms with Crippen LogP contribution >= 0.6 is 0 Å². The van der Waals surface area contributed by atoms with Crippen molar-refractivity contribution in [2.24, 2.45) is 0 Å². The summed E-state index contributed by atoms with van der Waals surface area (Å²) in [6.07, 6.45) is 5.73. The van der Waals surface area contributed by atoms with Gasteiger partial charge in [0.05, 0.1) is 0 Å². The first-order valence-electron chi connectivity index (χ1n) is 3.18. The lowest BCUT2D eigenvalue weighted by Crippen LogP contribution is -2.30. The molecule has 1 fully saturated rings. The molecule has 2 unspecified atom stereocenters. The number of hydrogen-bond donors (Lipinski definition) is 1. The van der Waals surface area contributed by atoms with E-state index in [-0.39, 0.29) is 6.04 Å². The molecule has 1 nitrogen and oxygen atoms in total. The number of rotatable bonds is 1. The van der Waals surface area contributed by atoms with E-state index in [4.69, 9.17) is 6.42 Å². The number of hydrogen-bond acceptors (Lipinski definition) is 1. The monoisotopic (exact) mass is 127 g/mol. The van der Waals surface area contributed by atoms with E-state index in [1.54, 1.807) is 0 Å². The largest absolute Gasteiger partial charge is 0.310 e. The van der Waals surface area contributed by atoms with Crippen molar-refractivity contribution in [3.05, 3.63) is 0 Å². The summed E-state index contributed by atoms with van der Waals surface area (Å²) in [6, 6.07) is -0.0741. The van der Waals surface area contributed by atoms with Gasteiger partial charge in [0.15, 0.2) is 6.17 Å². The molecule has 0 bridgehead atoms. The van der Waals surface area contributed by atoms with Crippen LogP contribution in [0, 0.1) is 12.3 Å². The van der Waals surface area contributed by atoms with Gasteiger partial charge < -0.3 is 5.32 Å². The highest BCUT2D eigenvalue weighted by Gasteiger charge is 2.21. The molecule has 0 aliphatic carbocycles. The lowest BCUT2D eigenvalue weighted by molar-refractivity contribution is 0.332. The van der Waals surface area contributed by atoms with Crippen LogP contribution in [0.1, 0.15) is 12.8 Å². The van der Waals surface area contributed by atoms with E-state index in [0.29, 0.717) is 0 Å². The van der Waals surface area contributed by atoms with Gasteiger partial charge in [0.1, 0.15) is 0 Å². The summed E-state index contributed by atoms with van der Waals surface area (Å²) in [6.45, 7) is 0.909. The van der Waals surface area contributed by atoms with Crippen LogP contribution in [0.2, 0.25) is 0 Å². The summed E-state index contributed by atoms with van der Waals surface area (Å²) in [7, 11) is 0. The predicted molar refractivity (Wildman–Crippen MR) is 34.8 cm³/mol. The van der Waals surface area contributed by atoms with E-state index in [2.05, 4.69) is 11.2 Å². The van der Waals surface area contributed by atoms with Gasteiger partial charge in [-0.25, -0.2) is 4.39 Å². The fraction of sp³-hybridized carbons (Fsp3) is 0.714. The minimum atomic E-state index is -1.09. The molecule has 1 aliphatic rings. The number of alkyl halides is 1. The SMILES string of the molecule is C#CC(F)C1CCCN1. The van der Waals surface area contributed by atoms with Crippen LogP contribution in [-0.2, 0) is 0 Å². The Hall–Kier alpha value is -0.550. The molecule has 50 valence electrons. The zero-order chi connectivity index (χ0) is 6.69. The van der Waals surface area contributed by atoms with Crippen molar-refractivity contribution in [3.63, 3.8) is 0 Å². The second kappa shape index (κ2) is 2.84. The van der Waals surface area contributed by atoms with Gasteiger partial charge in [-0.1, -0.05) is 5.92 Å². The molecule has 1 heterocycles. The topological polar surface area (TPSA) is 12.0 Å². The molecule has 1 aliphatic heterocycles. The molecular formula is C7H10FN. The van der Waals surface area contributed by atoms with Crippen LogP contribution < -0.4 is 5.32 Å². The third kappa shape index (κ3) is 1.43. The number of nitrogens with one attached hydrogen (secondary N) is 1. The highest BCUT2D eigenvalue weighted by Crippen LogP contribution is 2.10. The summed E-state index contributed by atoms with van der Waals surface area (Å²) in [5.41, 5.74) is 0. The Morgan fingerprint density at radius 1 is 1.78 bits per heavy atom. The maximum absolute atomic E-state index is 12.5. The molecule has 0 aromatic rings. The molecule has 0 aromatic heterocycles. The maximum atomic E-state index is 12.5. The molecule has 0 amide bonds. The lowest BCUT2D eigenvalue weighted by atomic mass is 10.1. The number of halogens is 1. The van der Waals surface area contributed by atoms with Crippen LogP contribution in [0.15, 0.2) is 0 Å². The summed E-state index contributed by atoms with van der Waals surface area (Å²) in [5.74, 6) is 2.08. The van der Waals surface area contributed by atoms with Gasteiger partial charge in [-0.05, 0) is 19.4 Å². The Morgan fingerprint density at radius 2 is 2.56 bits per heavy atom. The van der Waals surface area contributed by atoms with Crippen LogP contribution in [0.25, 0.3) is 0 Å². The third-order valence-corrected chi connectivity index (χ3v) is 1.61. The van der Waals surface area contributed by atoms with E-state index in [9.17, 15) is 4.39 Å². The molecule has 2 atom stereocenters. The van der Waals surface area contributed by atoms with Gasteiger partial charge in [-0.3, -0.25) is 0 Å². The first-order chi connectivity index (χ1) is 4.34. The van der Waals surface area contributed by atoms with Crippen molar-refractivity contribution < 1.29 is 4.39 Å². The van der Waals surface area contributed by atoms with Gasteiger partial charge in [-0.15, -0.1) is 6.42 Å². The average molecular weight is 127 g/mol.